The largest absolute Gasteiger partial charge is 0.466 e. The Bertz CT molecular complexity index is 274. The Kier molecular flexibility index (Phi) is 14.6. The minimum absolute atomic E-state index is 0.0859. The van der Waals surface area contributed by atoms with Gasteiger partial charge in [-0.3, -0.25) is 4.79 Å². The van der Waals surface area contributed by atoms with Crippen LogP contribution in [0.3, 0.4) is 0 Å². The van der Waals surface area contributed by atoms with Crippen LogP contribution in [-0.2, 0) is 9.53 Å². The van der Waals surface area contributed by atoms with E-state index in [0.29, 0.717) is 13.0 Å². The highest BCUT2D eigenvalue weighted by atomic mass is 16.5. The van der Waals surface area contributed by atoms with Gasteiger partial charge in [0.2, 0.25) is 0 Å². The summed E-state index contributed by atoms with van der Waals surface area (Å²) in [5.41, 5.74) is -0.623. The molecule has 23 heavy (non-hydrogen) atoms. The zero-order chi connectivity index (χ0) is 17.4. The topological polar surface area (TPSA) is 58.6 Å². The van der Waals surface area contributed by atoms with Gasteiger partial charge >= 0.3 is 5.97 Å². The van der Waals surface area contributed by atoms with Gasteiger partial charge in [0, 0.05) is 6.42 Å². The number of aliphatic hydroxyl groups is 1. The molecule has 0 rings (SSSR count). The first-order valence-corrected chi connectivity index (χ1v) is 9.54. The van der Waals surface area contributed by atoms with Crippen LogP contribution in [0.15, 0.2) is 0 Å². The van der Waals surface area contributed by atoms with Crippen molar-refractivity contribution >= 4 is 5.97 Å². The SMILES string of the molecule is CCCCCCCCCCOC(=O)CCCNCCC(C)(C)O. The molecule has 0 aliphatic carbocycles. The number of hydrogen-bond acceptors (Lipinski definition) is 4. The molecular weight excluding hydrogens is 290 g/mol. The third kappa shape index (κ3) is 19.3. The van der Waals surface area contributed by atoms with E-state index in [-0.39, 0.29) is 5.97 Å². The second-order valence-electron chi connectivity index (χ2n) is 7.11. The molecule has 138 valence electrons. The maximum atomic E-state index is 11.6. The maximum absolute atomic E-state index is 11.6. The fourth-order valence-corrected chi connectivity index (χ4v) is 2.37. The van der Waals surface area contributed by atoms with Gasteiger partial charge in [0.1, 0.15) is 0 Å². The van der Waals surface area contributed by atoms with Crippen LogP contribution in [0, 0.1) is 0 Å². The van der Waals surface area contributed by atoms with Crippen molar-refractivity contribution in [1.82, 2.24) is 5.32 Å². The molecule has 0 saturated heterocycles. The molecule has 0 heterocycles. The Labute approximate surface area is 143 Å². The van der Waals surface area contributed by atoms with Gasteiger partial charge in [-0.25, -0.2) is 0 Å². The van der Waals surface area contributed by atoms with E-state index >= 15 is 0 Å². The summed E-state index contributed by atoms with van der Waals surface area (Å²) in [6, 6.07) is 0. The molecule has 4 nitrogen and oxygen atoms in total. The van der Waals surface area contributed by atoms with Crippen LogP contribution < -0.4 is 5.32 Å². The van der Waals surface area contributed by atoms with Gasteiger partial charge in [0.15, 0.2) is 0 Å². The van der Waals surface area contributed by atoms with Crippen molar-refractivity contribution in [1.29, 1.82) is 0 Å². The fraction of sp³-hybridized carbons (Fsp3) is 0.947. The van der Waals surface area contributed by atoms with E-state index in [1.165, 1.54) is 38.5 Å². The summed E-state index contributed by atoms with van der Waals surface area (Å²) in [6.45, 7) is 7.98. The molecule has 4 heteroatoms. The van der Waals surface area contributed by atoms with Gasteiger partial charge in [-0.2, -0.15) is 0 Å². The van der Waals surface area contributed by atoms with Gasteiger partial charge in [-0.1, -0.05) is 51.9 Å². The fourth-order valence-electron chi connectivity index (χ4n) is 2.37. The zero-order valence-corrected chi connectivity index (χ0v) is 15.7. The Morgan fingerprint density at radius 3 is 2.17 bits per heavy atom. The quantitative estimate of drug-likeness (QED) is 0.329. The van der Waals surface area contributed by atoms with Crippen LogP contribution in [0.5, 0.6) is 0 Å². The molecule has 0 atom stereocenters. The second kappa shape index (κ2) is 14.9. The van der Waals surface area contributed by atoms with E-state index in [2.05, 4.69) is 12.2 Å². The smallest absolute Gasteiger partial charge is 0.305 e. The summed E-state index contributed by atoms with van der Waals surface area (Å²) < 4.78 is 5.24. The lowest BCUT2D eigenvalue weighted by atomic mass is 10.1. The molecule has 0 aliphatic rings. The first kappa shape index (κ1) is 22.4. The number of esters is 1. The van der Waals surface area contributed by atoms with E-state index in [9.17, 15) is 9.90 Å². The molecular formula is C19H39NO3. The predicted octanol–water partition coefficient (Wildman–Crippen LogP) is 4.20. The van der Waals surface area contributed by atoms with Crippen LogP contribution in [0.4, 0.5) is 0 Å². The first-order chi connectivity index (χ1) is 11.0. The average Bonchev–Trinajstić information content (AvgIpc) is 2.48. The number of unbranched alkanes of at least 4 members (excludes halogenated alkanes) is 7. The molecule has 0 fully saturated rings. The van der Waals surface area contributed by atoms with Gasteiger partial charge in [-0.15, -0.1) is 0 Å². The van der Waals surface area contributed by atoms with Gasteiger partial charge in [0.25, 0.3) is 0 Å². The van der Waals surface area contributed by atoms with E-state index in [0.717, 1.165) is 38.8 Å². The highest BCUT2D eigenvalue weighted by Crippen LogP contribution is 2.08. The van der Waals surface area contributed by atoms with Crippen molar-refractivity contribution in [3.05, 3.63) is 0 Å². The first-order valence-electron chi connectivity index (χ1n) is 9.54. The molecule has 0 bridgehead atoms. The lowest BCUT2D eigenvalue weighted by molar-refractivity contribution is -0.143. The minimum Gasteiger partial charge on any atom is -0.466 e. The van der Waals surface area contributed by atoms with E-state index in [1.54, 1.807) is 13.8 Å². The van der Waals surface area contributed by atoms with Crippen molar-refractivity contribution in [2.75, 3.05) is 19.7 Å². The van der Waals surface area contributed by atoms with E-state index in [1.807, 2.05) is 0 Å². The number of nitrogens with one attached hydrogen (secondary N) is 1. The molecule has 0 amide bonds. The zero-order valence-electron chi connectivity index (χ0n) is 15.7. The summed E-state index contributed by atoms with van der Waals surface area (Å²) in [4.78, 5) is 11.6. The molecule has 0 aromatic heterocycles. The number of ether oxygens (including phenoxy) is 1. The van der Waals surface area contributed by atoms with E-state index in [4.69, 9.17) is 4.74 Å². The molecule has 0 aliphatic heterocycles. The summed E-state index contributed by atoms with van der Waals surface area (Å²) in [7, 11) is 0. The predicted molar refractivity (Wildman–Crippen MR) is 96.6 cm³/mol. The maximum Gasteiger partial charge on any atom is 0.305 e. The molecule has 2 N–H and O–H groups in total. The van der Waals surface area contributed by atoms with E-state index < -0.39 is 5.60 Å². The normalized spacial score (nSPS) is 11.7. The van der Waals surface area contributed by atoms with Crippen LogP contribution in [0.2, 0.25) is 0 Å². The van der Waals surface area contributed by atoms with Gasteiger partial charge in [-0.05, 0) is 46.2 Å². The van der Waals surface area contributed by atoms with Gasteiger partial charge < -0.3 is 15.2 Å². The number of hydrogen-bond donors (Lipinski definition) is 2. The van der Waals surface area contributed by atoms with Crippen molar-refractivity contribution in [2.45, 2.75) is 97.0 Å². The Hall–Kier alpha value is -0.610. The minimum atomic E-state index is -0.623. The Morgan fingerprint density at radius 1 is 0.957 bits per heavy atom. The van der Waals surface area contributed by atoms with Crippen LogP contribution in [-0.4, -0.2) is 36.4 Å². The molecule has 0 saturated carbocycles. The molecule has 0 aromatic rings. The highest BCUT2D eigenvalue weighted by Gasteiger charge is 2.10. The lowest BCUT2D eigenvalue weighted by Crippen LogP contribution is -2.27. The summed E-state index contributed by atoms with van der Waals surface area (Å²) >= 11 is 0. The number of carbonyl (C=O) groups excluding carboxylic acids is 1. The molecule has 0 unspecified atom stereocenters. The monoisotopic (exact) mass is 329 g/mol. The second-order valence-corrected chi connectivity index (χ2v) is 7.11. The summed E-state index contributed by atoms with van der Waals surface area (Å²) in [5, 5.41) is 12.8. The third-order valence-corrected chi connectivity index (χ3v) is 3.91. The average molecular weight is 330 g/mol. The Morgan fingerprint density at radius 2 is 1.57 bits per heavy atom. The molecule has 0 aromatic carbocycles. The number of carbonyl (C=O) groups is 1. The van der Waals surface area contributed by atoms with Crippen molar-refractivity contribution < 1.29 is 14.6 Å². The summed E-state index contributed by atoms with van der Waals surface area (Å²) in [6.07, 6.45) is 12.1. The standard InChI is InChI=1S/C19H39NO3/c1-4-5-6-7-8-9-10-11-17-23-18(21)13-12-15-20-16-14-19(2,3)22/h20,22H,4-17H2,1-3H3. The summed E-state index contributed by atoms with van der Waals surface area (Å²) in [5.74, 6) is -0.0859. The van der Waals surface area contributed by atoms with Crippen LogP contribution in [0.1, 0.15) is 91.4 Å². The third-order valence-electron chi connectivity index (χ3n) is 3.91. The van der Waals surface area contributed by atoms with Crippen molar-refractivity contribution in [2.24, 2.45) is 0 Å². The van der Waals surface area contributed by atoms with Crippen LogP contribution >= 0.6 is 0 Å². The molecule has 0 spiro atoms. The Balaban J connectivity index is 3.22. The van der Waals surface area contributed by atoms with Crippen molar-refractivity contribution in [3.63, 3.8) is 0 Å². The highest BCUT2D eigenvalue weighted by molar-refractivity contribution is 5.69. The van der Waals surface area contributed by atoms with Crippen molar-refractivity contribution in [3.8, 4) is 0 Å². The van der Waals surface area contributed by atoms with Crippen LogP contribution in [0.25, 0.3) is 0 Å². The lowest BCUT2D eigenvalue weighted by Gasteiger charge is -2.16. The van der Waals surface area contributed by atoms with Gasteiger partial charge in [0.05, 0.1) is 12.2 Å². The number of rotatable bonds is 16. The molecule has 0 radical (unpaired) electrons.